The molecule has 5 nitrogen and oxygen atoms in total. The highest BCUT2D eigenvalue weighted by Crippen LogP contribution is 2.37. The molecule has 3 aromatic rings. The Bertz CT molecular complexity index is 1110. The summed E-state index contributed by atoms with van der Waals surface area (Å²) in [6.07, 6.45) is 0.863. The molecule has 0 spiro atoms. The van der Waals surface area contributed by atoms with E-state index in [2.05, 4.69) is 15.4 Å². The van der Waals surface area contributed by atoms with Crippen molar-refractivity contribution >= 4 is 22.3 Å². The minimum atomic E-state index is -4.49. The fourth-order valence-corrected chi connectivity index (χ4v) is 3.96. The summed E-state index contributed by atoms with van der Waals surface area (Å²) in [6, 6.07) is 4.62. The van der Waals surface area contributed by atoms with E-state index in [4.69, 9.17) is 4.99 Å². The van der Waals surface area contributed by atoms with Gasteiger partial charge in [0.05, 0.1) is 23.1 Å². The number of hydrogen-bond donors (Lipinski definition) is 1. The van der Waals surface area contributed by atoms with Crippen molar-refractivity contribution in [3.63, 3.8) is 0 Å². The lowest BCUT2D eigenvalue weighted by Crippen LogP contribution is -2.30. The van der Waals surface area contributed by atoms with Gasteiger partial charge in [-0.1, -0.05) is 0 Å². The Morgan fingerprint density at radius 2 is 1.93 bits per heavy atom. The van der Waals surface area contributed by atoms with Gasteiger partial charge in [0.1, 0.15) is 5.52 Å². The first kappa shape index (κ1) is 20.5. The molecule has 0 atom stereocenters. The van der Waals surface area contributed by atoms with Crippen molar-refractivity contribution in [3.05, 3.63) is 41.7 Å². The van der Waals surface area contributed by atoms with Crippen LogP contribution in [0.25, 0.3) is 22.2 Å². The van der Waals surface area contributed by atoms with Crippen LogP contribution in [0.15, 0.2) is 35.6 Å². The van der Waals surface area contributed by atoms with Gasteiger partial charge in [0.25, 0.3) is 0 Å². The van der Waals surface area contributed by atoms with Crippen molar-refractivity contribution in [3.8, 4) is 11.3 Å². The van der Waals surface area contributed by atoms with Crippen LogP contribution in [0.3, 0.4) is 0 Å². The highest BCUT2D eigenvalue weighted by atomic mass is 19.4. The lowest BCUT2D eigenvalue weighted by molar-refractivity contribution is -0.136. The molecule has 1 N–H and O–H groups in total. The van der Waals surface area contributed by atoms with E-state index in [1.165, 1.54) is 4.68 Å². The molecular formula is C22H24F3N5. The number of rotatable bonds is 3. The maximum absolute atomic E-state index is 13.6. The second-order valence-corrected chi connectivity index (χ2v) is 7.90. The third-order valence-electron chi connectivity index (χ3n) is 5.63. The molecule has 0 saturated carbocycles. The van der Waals surface area contributed by atoms with Gasteiger partial charge in [0, 0.05) is 29.9 Å². The highest BCUT2D eigenvalue weighted by molar-refractivity contribution is 5.88. The van der Waals surface area contributed by atoms with E-state index in [9.17, 15) is 13.2 Å². The number of nitrogens with zero attached hydrogens (tertiary/aromatic N) is 4. The van der Waals surface area contributed by atoms with Crippen LogP contribution >= 0.6 is 0 Å². The van der Waals surface area contributed by atoms with Crippen molar-refractivity contribution in [1.29, 1.82) is 0 Å². The van der Waals surface area contributed by atoms with Gasteiger partial charge in [0.2, 0.25) is 0 Å². The number of fused-ring (bicyclic) bond motifs is 1. The molecule has 0 radical (unpaired) electrons. The summed E-state index contributed by atoms with van der Waals surface area (Å²) in [4.78, 5) is 9.19. The Kier molecular flexibility index (Phi) is 5.36. The number of pyridine rings is 1. The summed E-state index contributed by atoms with van der Waals surface area (Å²) >= 11 is 0. The smallest absolute Gasteiger partial charge is 0.317 e. The summed E-state index contributed by atoms with van der Waals surface area (Å²) in [5.74, 6) is 0.452. The van der Waals surface area contributed by atoms with Crippen LogP contribution in [0.1, 0.15) is 30.9 Å². The third-order valence-corrected chi connectivity index (χ3v) is 5.63. The predicted octanol–water partition coefficient (Wildman–Crippen LogP) is 5.05. The molecule has 3 heterocycles. The van der Waals surface area contributed by atoms with Crippen molar-refractivity contribution in [2.24, 2.45) is 18.0 Å². The highest BCUT2D eigenvalue weighted by Gasteiger charge is 2.34. The number of aliphatic imine (C=N–C) groups is 1. The molecule has 158 valence electrons. The molecule has 0 bridgehead atoms. The fraction of sp³-hybridized carbons (Fsp3) is 0.409. The van der Waals surface area contributed by atoms with E-state index in [1.54, 1.807) is 31.6 Å². The number of aryl methyl sites for hydroxylation is 2. The van der Waals surface area contributed by atoms with Gasteiger partial charge in [-0.05, 0) is 69.5 Å². The van der Waals surface area contributed by atoms with E-state index in [0.717, 1.165) is 49.0 Å². The number of benzene rings is 1. The molecule has 1 aliphatic heterocycles. The van der Waals surface area contributed by atoms with Crippen molar-refractivity contribution < 1.29 is 13.2 Å². The zero-order valence-electron chi connectivity index (χ0n) is 17.2. The summed E-state index contributed by atoms with van der Waals surface area (Å²) in [6.45, 7) is 5.93. The van der Waals surface area contributed by atoms with E-state index in [-0.39, 0.29) is 5.52 Å². The van der Waals surface area contributed by atoms with Gasteiger partial charge < -0.3 is 5.32 Å². The fourth-order valence-electron chi connectivity index (χ4n) is 3.96. The minimum absolute atomic E-state index is 0.0516. The van der Waals surface area contributed by atoms with Crippen LogP contribution in [0.5, 0.6) is 0 Å². The first-order valence-corrected chi connectivity index (χ1v) is 10.00. The maximum atomic E-state index is 13.6. The zero-order valence-corrected chi connectivity index (χ0v) is 17.2. The number of hydrogen-bond acceptors (Lipinski definition) is 4. The van der Waals surface area contributed by atoms with Gasteiger partial charge in [0.15, 0.2) is 0 Å². The number of alkyl halides is 3. The normalized spacial score (nSPS) is 16.4. The van der Waals surface area contributed by atoms with Gasteiger partial charge in [-0.3, -0.25) is 14.7 Å². The molecule has 1 aliphatic rings. The Morgan fingerprint density at radius 1 is 1.20 bits per heavy atom. The Labute approximate surface area is 173 Å². The van der Waals surface area contributed by atoms with E-state index >= 15 is 0 Å². The number of piperidine rings is 1. The van der Waals surface area contributed by atoms with Gasteiger partial charge in [-0.2, -0.15) is 18.3 Å². The molecule has 1 saturated heterocycles. The van der Waals surface area contributed by atoms with Crippen LogP contribution in [0, 0.1) is 12.8 Å². The Morgan fingerprint density at radius 3 is 2.60 bits per heavy atom. The average Bonchev–Trinajstić information content (AvgIpc) is 3.08. The monoisotopic (exact) mass is 415 g/mol. The molecule has 2 aromatic heterocycles. The van der Waals surface area contributed by atoms with Gasteiger partial charge in [-0.15, -0.1) is 0 Å². The largest absolute Gasteiger partial charge is 0.418 e. The van der Waals surface area contributed by atoms with Gasteiger partial charge >= 0.3 is 6.18 Å². The third kappa shape index (κ3) is 4.09. The first-order valence-electron chi connectivity index (χ1n) is 10.00. The molecule has 0 amide bonds. The summed E-state index contributed by atoms with van der Waals surface area (Å²) in [7, 11) is 1.61. The lowest BCUT2D eigenvalue weighted by atomic mass is 9.93. The lowest BCUT2D eigenvalue weighted by Gasteiger charge is -2.22. The SMILES string of the molecule is CC(=Nc1cnc(-c2cc(C(F)(F)F)c3nn(C)cc3c2)cc1C)C1CCNCC1. The molecule has 8 heteroatoms. The Balaban J connectivity index is 1.71. The topological polar surface area (TPSA) is 55.1 Å². The summed E-state index contributed by atoms with van der Waals surface area (Å²) in [5.41, 5.74) is 2.81. The zero-order chi connectivity index (χ0) is 21.5. The summed E-state index contributed by atoms with van der Waals surface area (Å²) in [5, 5.41) is 7.76. The molecule has 0 unspecified atom stereocenters. The van der Waals surface area contributed by atoms with E-state index in [0.29, 0.717) is 22.6 Å². The first-order chi connectivity index (χ1) is 14.2. The number of nitrogens with one attached hydrogen (secondary N) is 1. The number of halogens is 3. The molecule has 1 fully saturated rings. The van der Waals surface area contributed by atoms with E-state index in [1.807, 2.05) is 13.8 Å². The maximum Gasteiger partial charge on any atom is 0.418 e. The van der Waals surface area contributed by atoms with Crippen molar-refractivity contribution in [2.45, 2.75) is 32.9 Å². The molecule has 0 aliphatic carbocycles. The molecule has 30 heavy (non-hydrogen) atoms. The summed E-state index contributed by atoms with van der Waals surface area (Å²) < 4.78 is 42.2. The van der Waals surface area contributed by atoms with Crippen LogP contribution < -0.4 is 5.32 Å². The molecule has 4 rings (SSSR count). The quantitative estimate of drug-likeness (QED) is 0.609. The van der Waals surface area contributed by atoms with Crippen LogP contribution in [0.2, 0.25) is 0 Å². The predicted molar refractivity (Wildman–Crippen MR) is 112 cm³/mol. The average molecular weight is 415 g/mol. The van der Waals surface area contributed by atoms with Crippen molar-refractivity contribution in [1.82, 2.24) is 20.1 Å². The molecular weight excluding hydrogens is 391 g/mol. The van der Waals surface area contributed by atoms with Crippen LogP contribution in [-0.4, -0.2) is 33.6 Å². The van der Waals surface area contributed by atoms with E-state index < -0.39 is 11.7 Å². The second kappa shape index (κ2) is 7.83. The Hall–Kier alpha value is -2.74. The second-order valence-electron chi connectivity index (χ2n) is 7.90. The van der Waals surface area contributed by atoms with Crippen molar-refractivity contribution in [2.75, 3.05) is 13.1 Å². The van der Waals surface area contributed by atoms with Crippen LogP contribution in [0.4, 0.5) is 18.9 Å². The molecule has 1 aromatic carbocycles. The van der Waals surface area contributed by atoms with Gasteiger partial charge in [-0.25, -0.2) is 0 Å². The minimum Gasteiger partial charge on any atom is -0.317 e. The standard InChI is InChI=1S/C22H24F3N5/c1-13-8-19(27-11-20(13)28-14(2)15-4-6-26-7-5-15)16-9-17-12-30(3)29-21(17)18(10-16)22(23,24)25/h8-12,15,26H,4-7H2,1-3H3. The van der Waals surface area contributed by atoms with Crippen LogP contribution in [-0.2, 0) is 13.2 Å². The number of aromatic nitrogens is 3.